The normalized spacial score (nSPS) is 18.2. The van der Waals surface area contributed by atoms with Gasteiger partial charge in [-0.2, -0.15) is 13.2 Å². The molecule has 0 saturated heterocycles. The lowest BCUT2D eigenvalue weighted by Crippen LogP contribution is -2.46. The molecule has 0 amide bonds. The Hall–Kier alpha value is -3.49. The number of nitrogens with zero attached hydrogens (tertiary/aromatic N) is 2. The van der Waals surface area contributed by atoms with E-state index in [-0.39, 0.29) is 30.7 Å². The van der Waals surface area contributed by atoms with Gasteiger partial charge in [0.2, 0.25) is 0 Å². The highest BCUT2D eigenvalue weighted by molar-refractivity contribution is 5.90. The maximum Gasteiger partial charge on any atom is 0.416 e. The minimum absolute atomic E-state index is 0.0331. The van der Waals surface area contributed by atoms with Crippen LogP contribution in [0.4, 0.5) is 18.9 Å². The van der Waals surface area contributed by atoms with E-state index in [2.05, 4.69) is 4.98 Å². The Labute approximate surface area is 188 Å². The van der Waals surface area contributed by atoms with E-state index in [0.717, 1.165) is 12.1 Å². The van der Waals surface area contributed by atoms with E-state index in [0.29, 0.717) is 28.1 Å². The SMILES string of the molecule is CCC1=C(C(=O)O)Cc2ncccc2[N+]1([O-])Cc1ccccc1-c1ccc(C(F)(F)F)cc1. The Bertz CT molecular complexity index is 1240. The summed E-state index contributed by atoms with van der Waals surface area (Å²) in [4.78, 5) is 16.2. The van der Waals surface area contributed by atoms with Gasteiger partial charge in [0.05, 0.1) is 5.56 Å². The molecule has 0 radical (unpaired) electrons. The third kappa shape index (κ3) is 4.15. The predicted octanol–water partition coefficient (Wildman–Crippen LogP) is 6.08. The van der Waals surface area contributed by atoms with E-state index in [1.54, 1.807) is 43.3 Å². The van der Waals surface area contributed by atoms with Crippen LogP contribution < -0.4 is 4.65 Å². The molecule has 1 aliphatic heterocycles. The molecule has 170 valence electrons. The number of halogens is 3. The van der Waals surface area contributed by atoms with E-state index < -0.39 is 22.4 Å². The summed E-state index contributed by atoms with van der Waals surface area (Å²) in [5, 5.41) is 24.1. The van der Waals surface area contributed by atoms with Crippen molar-refractivity contribution in [3.8, 4) is 11.1 Å². The summed E-state index contributed by atoms with van der Waals surface area (Å²) in [6.45, 7) is 1.63. The molecule has 2 heterocycles. The molecular formula is C25H21F3N2O3. The molecule has 0 fully saturated rings. The number of aromatic nitrogens is 1. The molecule has 1 aliphatic rings. The average molecular weight is 454 g/mol. The zero-order valence-corrected chi connectivity index (χ0v) is 17.8. The van der Waals surface area contributed by atoms with Crippen molar-refractivity contribution in [3.05, 3.63) is 100 Å². The minimum Gasteiger partial charge on any atom is -0.622 e. The van der Waals surface area contributed by atoms with Gasteiger partial charge in [-0.15, -0.1) is 0 Å². The van der Waals surface area contributed by atoms with Gasteiger partial charge in [-0.05, 0) is 29.3 Å². The first-order valence-corrected chi connectivity index (χ1v) is 10.4. The van der Waals surface area contributed by atoms with Crippen molar-refractivity contribution < 1.29 is 23.1 Å². The highest BCUT2D eigenvalue weighted by atomic mass is 19.4. The second-order valence-corrected chi connectivity index (χ2v) is 7.86. The van der Waals surface area contributed by atoms with Crippen LogP contribution in [0.15, 0.2) is 78.1 Å². The molecule has 4 rings (SSSR count). The number of quaternary nitrogens is 1. The fraction of sp³-hybridized carbons (Fsp3) is 0.200. The number of alkyl halides is 3. The first-order chi connectivity index (χ1) is 15.6. The molecule has 1 unspecified atom stereocenters. The molecule has 1 atom stereocenters. The van der Waals surface area contributed by atoms with Crippen molar-refractivity contribution in [2.24, 2.45) is 0 Å². The molecule has 0 aliphatic carbocycles. The number of pyridine rings is 1. The van der Waals surface area contributed by atoms with Crippen LogP contribution in [-0.4, -0.2) is 16.1 Å². The van der Waals surface area contributed by atoms with Crippen molar-refractivity contribution in [1.82, 2.24) is 9.63 Å². The summed E-state index contributed by atoms with van der Waals surface area (Å²) in [5.74, 6) is -1.16. The number of benzene rings is 2. The van der Waals surface area contributed by atoms with Crippen molar-refractivity contribution in [2.45, 2.75) is 32.5 Å². The molecule has 0 bridgehead atoms. The highest BCUT2D eigenvalue weighted by Crippen LogP contribution is 2.42. The third-order valence-electron chi connectivity index (χ3n) is 5.91. The Morgan fingerprint density at radius 3 is 2.42 bits per heavy atom. The Balaban J connectivity index is 1.83. The topological polar surface area (TPSA) is 73.2 Å². The molecule has 5 nitrogen and oxygen atoms in total. The quantitative estimate of drug-likeness (QED) is 0.375. The molecule has 2 aromatic carbocycles. The summed E-state index contributed by atoms with van der Waals surface area (Å²) >= 11 is 0. The lowest BCUT2D eigenvalue weighted by Gasteiger charge is -2.46. The molecule has 3 aromatic rings. The van der Waals surface area contributed by atoms with Gasteiger partial charge < -0.3 is 10.3 Å². The van der Waals surface area contributed by atoms with Gasteiger partial charge in [-0.1, -0.05) is 43.3 Å². The minimum atomic E-state index is -4.44. The van der Waals surface area contributed by atoms with Crippen LogP contribution >= 0.6 is 0 Å². The Kier molecular flexibility index (Phi) is 5.82. The predicted molar refractivity (Wildman–Crippen MR) is 119 cm³/mol. The van der Waals surface area contributed by atoms with Gasteiger partial charge in [0.25, 0.3) is 0 Å². The van der Waals surface area contributed by atoms with E-state index in [4.69, 9.17) is 0 Å². The summed E-state index contributed by atoms with van der Waals surface area (Å²) in [5.41, 5.74) is 2.05. The fourth-order valence-corrected chi connectivity index (χ4v) is 4.39. The Morgan fingerprint density at radius 1 is 1.09 bits per heavy atom. The van der Waals surface area contributed by atoms with Crippen molar-refractivity contribution in [2.75, 3.05) is 0 Å². The number of hydrogen-bond acceptors (Lipinski definition) is 3. The number of carbonyl (C=O) groups is 1. The van der Waals surface area contributed by atoms with Gasteiger partial charge in [-0.25, -0.2) is 4.79 Å². The lowest BCUT2D eigenvalue weighted by atomic mass is 9.94. The van der Waals surface area contributed by atoms with Gasteiger partial charge in [-0.3, -0.25) is 9.63 Å². The number of fused-ring (bicyclic) bond motifs is 1. The smallest absolute Gasteiger partial charge is 0.416 e. The van der Waals surface area contributed by atoms with E-state index >= 15 is 0 Å². The van der Waals surface area contributed by atoms with Crippen LogP contribution in [0.2, 0.25) is 0 Å². The standard InChI is InChI=1S/C25H21F3N2O3/c1-2-22-20(24(31)32)14-21-23(8-5-13-29-21)30(22,33)15-17-6-3-4-7-19(17)16-9-11-18(12-10-16)25(26,27)28/h3-13H,2,14-15H2,1H3,(H,31,32). The third-order valence-corrected chi connectivity index (χ3v) is 5.91. The first-order valence-electron chi connectivity index (χ1n) is 10.4. The average Bonchev–Trinajstić information content (AvgIpc) is 2.79. The number of hydrogen-bond donors (Lipinski definition) is 1. The van der Waals surface area contributed by atoms with Crippen LogP contribution in [0.25, 0.3) is 11.1 Å². The summed E-state index contributed by atoms with van der Waals surface area (Å²) in [6.07, 6.45) is -2.62. The first kappa shape index (κ1) is 22.7. The maximum absolute atomic E-state index is 14.4. The number of hydroxylamine groups is 2. The lowest BCUT2D eigenvalue weighted by molar-refractivity contribution is -0.137. The molecular weight excluding hydrogens is 433 g/mol. The number of aliphatic carboxylic acids is 1. The van der Waals surface area contributed by atoms with E-state index in [9.17, 15) is 28.3 Å². The summed E-state index contributed by atoms with van der Waals surface area (Å²) in [7, 11) is 0. The van der Waals surface area contributed by atoms with E-state index in [1.165, 1.54) is 18.3 Å². The molecule has 1 N–H and O–H groups in total. The number of allylic oxidation sites excluding steroid dienone is 1. The molecule has 0 saturated carbocycles. The van der Waals surface area contributed by atoms with Crippen molar-refractivity contribution in [3.63, 3.8) is 0 Å². The zero-order valence-electron chi connectivity index (χ0n) is 17.8. The van der Waals surface area contributed by atoms with Gasteiger partial charge in [0, 0.05) is 30.7 Å². The number of carboxylic acid groups (broad SMARTS) is 1. The van der Waals surface area contributed by atoms with E-state index in [1.807, 2.05) is 0 Å². The molecule has 8 heteroatoms. The van der Waals surface area contributed by atoms with Gasteiger partial charge >= 0.3 is 12.1 Å². The van der Waals surface area contributed by atoms with Crippen LogP contribution in [-0.2, 0) is 23.9 Å². The van der Waals surface area contributed by atoms with Crippen molar-refractivity contribution >= 4 is 11.7 Å². The molecule has 33 heavy (non-hydrogen) atoms. The second kappa shape index (κ2) is 8.46. The number of carboxylic acids is 1. The summed E-state index contributed by atoms with van der Waals surface area (Å²) in [6, 6.07) is 15.0. The molecule has 0 spiro atoms. The van der Waals surface area contributed by atoms with Crippen LogP contribution in [0.1, 0.15) is 30.2 Å². The van der Waals surface area contributed by atoms with Crippen LogP contribution in [0, 0.1) is 5.21 Å². The van der Waals surface area contributed by atoms with Crippen molar-refractivity contribution in [1.29, 1.82) is 0 Å². The monoisotopic (exact) mass is 454 g/mol. The second-order valence-electron chi connectivity index (χ2n) is 7.86. The maximum atomic E-state index is 14.4. The zero-order chi connectivity index (χ0) is 23.8. The van der Waals surface area contributed by atoms with Crippen LogP contribution in [0.3, 0.4) is 0 Å². The molecule has 1 aromatic heterocycles. The van der Waals surface area contributed by atoms with Gasteiger partial charge in [0.1, 0.15) is 23.5 Å². The Morgan fingerprint density at radius 2 is 1.79 bits per heavy atom. The highest BCUT2D eigenvalue weighted by Gasteiger charge is 2.39. The largest absolute Gasteiger partial charge is 0.622 e. The fourth-order valence-electron chi connectivity index (χ4n) is 4.39. The van der Waals surface area contributed by atoms with Gasteiger partial charge in [0.15, 0.2) is 5.69 Å². The number of rotatable bonds is 5. The summed E-state index contributed by atoms with van der Waals surface area (Å²) < 4.78 is 37.9. The van der Waals surface area contributed by atoms with Crippen LogP contribution in [0.5, 0.6) is 0 Å².